The molecule has 4 aliphatic carbocycles. The van der Waals surface area contributed by atoms with Gasteiger partial charge in [0, 0.05) is 12.5 Å². The Kier molecular flexibility index (Phi) is 10.9. The van der Waals surface area contributed by atoms with Crippen molar-refractivity contribution in [2.24, 2.45) is 52.1 Å². The smallest absolute Gasteiger partial charge is 0.163 e. The van der Waals surface area contributed by atoms with E-state index in [0.29, 0.717) is 53.4 Å². The van der Waals surface area contributed by atoms with Crippen molar-refractivity contribution in [2.45, 2.75) is 136 Å². The van der Waals surface area contributed by atoms with E-state index in [9.17, 15) is 15.0 Å². The Labute approximate surface area is 245 Å². The van der Waals surface area contributed by atoms with Crippen LogP contribution in [-0.2, 0) is 4.79 Å². The second kappa shape index (κ2) is 13.4. The van der Waals surface area contributed by atoms with E-state index < -0.39 is 5.60 Å². The van der Waals surface area contributed by atoms with Crippen LogP contribution in [0.5, 0.6) is 0 Å². The predicted molar refractivity (Wildman–Crippen MR) is 164 cm³/mol. The van der Waals surface area contributed by atoms with Crippen LogP contribution in [0.4, 0.5) is 0 Å². The summed E-state index contributed by atoms with van der Waals surface area (Å²) in [4.78, 5) is 12.4. The van der Waals surface area contributed by atoms with Crippen molar-refractivity contribution in [3.63, 3.8) is 0 Å². The van der Waals surface area contributed by atoms with E-state index in [2.05, 4.69) is 31.4 Å². The largest absolute Gasteiger partial charge is 0.393 e. The summed E-state index contributed by atoms with van der Waals surface area (Å²) in [6, 6.07) is 0.594. The molecule has 4 unspecified atom stereocenters. The van der Waals surface area contributed by atoms with Crippen LogP contribution in [0.2, 0.25) is 0 Å². The minimum absolute atomic E-state index is 0.0375. The highest BCUT2D eigenvalue weighted by molar-refractivity contribution is 5.86. The summed E-state index contributed by atoms with van der Waals surface area (Å²) in [5.41, 5.74) is 4.97. The molecule has 0 aromatic heterocycles. The lowest BCUT2D eigenvalue weighted by Gasteiger charge is -2.62. The van der Waals surface area contributed by atoms with Crippen LogP contribution in [0.1, 0.15) is 118 Å². The molecule has 6 nitrogen and oxygen atoms in total. The number of ketones is 1. The number of aliphatic hydroxyl groups is 2. The lowest BCUT2D eigenvalue weighted by atomic mass is 9.43. The van der Waals surface area contributed by atoms with Gasteiger partial charge in [-0.15, -0.1) is 0 Å². The summed E-state index contributed by atoms with van der Waals surface area (Å²) in [5.74, 6) is 3.35. The number of Topliss-reactive ketones (excluding diaryl/α,β-unsaturated/α-hetero) is 1. The van der Waals surface area contributed by atoms with Crippen molar-refractivity contribution >= 4 is 5.78 Å². The molecule has 0 aromatic carbocycles. The first kappa shape index (κ1) is 32.4. The van der Waals surface area contributed by atoms with Crippen molar-refractivity contribution in [3.8, 4) is 0 Å². The second-order valence-corrected chi connectivity index (χ2v) is 15.5. The van der Waals surface area contributed by atoms with E-state index in [0.717, 1.165) is 45.4 Å². The number of hydrogen-bond acceptors (Lipinski definition) is 6. The Morgan fingerprint density at radius 2 is 1.68 bits per heavy atom. The number of rotatable bonds is 14. The molecule has 0 saturated heterocycles. The number of nitrogens with two attached hydrogens (primary N) is 1. The highest BCUT2D eigenvalue weighted by Crippen LogP contribution is 2.68. The molecule has 0 bridgehead atoms. The Morgan fingerprint density at radius 1 is 0.975 bits per heavy atom. The van der Waals surface area contributed by atoms with E-state index in [1.165, 1.54) is 57.8 Å². The summed E-state index contributed by atoms with van der Waals surface area (Å²) in [6.45, 7) is 14.7. The molecule has 6 heteroatoms. The normalized spacial score (nSPS) is 40.2. The Hall–Kier alpha value is -0.530. The maximum absolute atomic E-state index is 12.4. The van der Waals surface area contributed by atoms with E-state index in [-0.39, 0.29) is 17.3 Å². The van der Waals surface area contributed by atoms with Crippen LogP contribution in [-0.4, -0.2) is 59.9 Å². The van der Waals surface area contributed by atoms with Crippen molar-refractivity contribution in [3.05, 3.63) is 0 Å². The highest BCUT2D eigenvalue weighted by atomic mass is 16.3. The van der Waals surface area contributed by atoms with Crippen LogP contribution < -0.4 is 16.4 Å². The topological polar surface area (TPSA) is 108 Å². The molecule has 10 atom stereocenters. The third-order valence-corrected chi connectivity index (χ3v) is 12.7. The molecular formula is C34H63N3O3. The van der Waals surface area contributed by atoms with Gasteiger partial charge in [-0.05, 0) is 163 Å². The molecule has 232 valence electrons. The summed E-state index contributed by atoms with van der Waals surface area (Å²) >= 11 is 0. The van der Waals surface area contributed by atoms with Gasteiger partial charge in [-0.1, -0.05) is 20.8 Å². The minimum atomic E-state index is -1.23. The predicted octanol–water partition coefficient (Wildman–Crippen LogP) is 5.05. The van der Waals surface area contributed by atoms with Gasteiger partial charge in [-0.3, -0.25) is 4.79 Å². The molecule has 4 fully saturated rings. The second-order valence-electron chi connectivity index (χ2n) is 15.5. The van der Waals surface area contributed by atoms with Gasteiger partial charge in [0.25, 0.3) is 0 Å². The fourth-order valence-corrected chi connectivity index (χ4v) is 10.3. The third kappa shape index (κ3) is 6.82. The minimum Gasteiger partial charge on any atom is -0.393 e. The van der Waals surface area contributed by atoms with Crippen LogP contribution in [0.3, 0.4) is 0 Å². The maximum Gasteiger partial charge on any atom is 0.163 e. The third-order valence-electron chi connectivity index (χ3n) is 12.7. The highest BCUT2D eigenvalue weighted by Gasteiger charge is 2.62. The van der Waals surface area contributed by atoms with Gasteiger partial charge in [0.1, 0.15) is 5.60 Å². The van der Waals surface area contributed by atoms with E-state index in [1.807, 2.05) is 0 Å². The van der Waals surface area contributed by atoms with Gasteiger partial charge in [0.2, 0.25) is 0 Å². The van der Waals surface area contributed by atoms with Crippen LogP contribution in [0, 0.1) is 46.3 Å². The van der Waals surface area contributed by atoms with Gasteiger partial charge in [-0.2, -0.15) is 0 Å². The fourth-order valence-electron chi connectivity index (χ4n) is 10.3. The number of fused-ring (bicyclic) bond motifs is 5. The van der Waals surface area contributed by atoms with Gasteiger partial charge in [-0.25, -0.2) is 0 Å². The van der Waals surface area contributed by atoms with Crippen molar-refractivity contribution in [1.82, 2.24) is 10.6 Å². The lowest BCUT2D eigenvalue weighted by Crippen LogP contribution is -2.59. The van der Waals surface area contributed by atoms with E-state index >= 15 is 0 Å². The summed E-state index contributed by atoms with van der Waals surface area (Å²) < 4.78 is 0. The summed E-state index contributed by atoms with van der Waals surface area (Å²) in [7, 11) is 0. The molecule has 4 rings (SSSR count). The first-order valence-electron chi connectivity index (χ1n) is 17.0. The number of carbonyl (C=O) groups excluding carboxylic acids is 1. The molecule has 6 N–H and O–H groups in total. The molecule has 4 aliphatic rings. The summed E-state index contributed by atoms with van der Waals surface area (Å²) in [6.07, 6.45) is 14.3. The molecule has 0 aliphatic heterocycles. The molecule has 0 amide bonds. The Bertz CT molecular complexity index is 830. The van der Waals surface area contributed by atoms with E-state index in [1.54, 1.807) is 13.8 Å². The molecule has 0 spiro atoms. The lowest BCUT2D eigenvalue weighted by molar-refractivity contribution is -0.167. The maximum atomic E-state index is 12.4. The average molecular weight is 562 g/mol. The van der Waals surface area contributed by atoms with Crippen molar-refractivity contribution < 1.29 is 15.0 Å². The van der Waals surface area contributed by atoms with Crippen molar-refractivity contribution in [2.75, 3.05) is 26.2 Å². The molecule has 4 saturated carbocycles. The molecule has 0 aromatic rings. The first-order valence-corrected chi connectivity index (χ1v) is 17.0. The van der Waals surface area contributed by atoms with Crippen molar-refractivity contribution in [1.29, 1.82) is 0 Å². The van der Waals surface area contributed by atoms with Crippen LogP contribution in [0.25, 0.3) is 0 Å². The number of unbranched alkanes of at least 4 members (excludes halogenated alkanes) is 1. The van der Waals surface area contributed by atoms with Gasteiger partial charge >= 0.3 is 0 Å². The number of nitrogens with one attached hydrogen (secondary N) is 2. The molecule has 0 heterocycles. The standard InChI is InChI=1S/C34H63N3O3/c1-23(9-12-30(39)32(2,3)40)26-10-11-27-31-28(14-16-34(26,27)5)33(4)15-13-25(21-24(33)22-29(31)38)37-20-8-19-36-18-7-6-17-35/h23-29,31,36-38,40H,6-22,35H2,1-5H3/t23?,24-,25+,26-,27?,28?,29-,31?,33+,34-/m1/s1. The van der Waals surface area contributed by atoms with Crippen LogP contribution in [0.15, 0.2) is 0 Å². The van der Waals surface area contributed by atoms with Crippen LogP contribution >= 0.6 is 0 Å². The van der Waals surface area contributed by atoms with Gasteiger partial charge in [0.15, 0.2) is 5.78 Å². The Morgan fingerprint density at radius 3 is 2.40 bits per heavy atom. The molecule has 0 radical (unpaired) electrons. The zero-order valence-electron chi connectivity index (χ0n) is 26.5. The summed E-state index contributed by atoms with van der Waals surface area (Å²) in [5, 5.41) is 29.2. The number of aliphatic hydroxyl groups excluding tert-OH is 1. The zero-order valence-corrected chi connectivity index (χ0v) is 26.5. The van der Waals surface area contributed by atoms with Gasteiger partial charge < -0.3 is 26.6 Å². The molecule has 40 heavy (non-hydrogen) atoms. The number of hydrogen-bond donors (Lipinski definition) is 5. The monoisotopic (exact) mass is 561 g/mol. The average Bonchev–Trinajstić information content (AvgIpc) is 3.26. The van der Waals surface area contributed by atoms with Gasteiger partial charge in [0.05, 0.1) is 6.10 Å². The number of carbonyl (C=O) groups is 1. The molecular weight excluding hydrogens is 498 g/mol. The Balaban J connectivity index is 1.31. The quantitative estimate of drug-likeness (QED) is 0.190. The zero-order chi connectivity index (χ0) is 29.1. The fraction of sp³-hybridized carbons (Fsp3) is 0.971. The van der Waals surface area contributed by atoms with E-state index in [4.69, 9.17) is 5.73 Å². The first-order chi connectivity index (χ1) is 18.9. The SMILES string of the molecule is CC(CCC(=O)C(C)(C)O)[C@H]1CCC2C3C(CC[C@@]21C)[C@@]1(C)CC[C@H](NCCCNCCCCN)C[C@@H]1C[C@H]3O.